The fraction of sp³-hybridized carbons (Fsp3) is 0.176. The summed E-state index contributed by atoms with van der Waals surface area (Å²) in [5.74, 6) is 2.41. The standard InChI is InChI=1S/C17H17BrO3/c1-19-14-7-9-16(20-2)13(11-14)6-4-12-5-8-17(21-3)15(18)10-12/h4-11H,1-3H3/b6-4+. The molecule has 2 aromatic carbocycles. The van der Waals surface area contributed by atoms with Gasteiger partial charge in [0.25, 0.3) is 0 Å². The zero-order valence-electron chi connectivity index (χ0n) is 12.2. The second-order valence-electron chi connectivity index (χ2n) is 4.34. The van der Waals surface area contributed by atoms with Gasteiger partial charge >= 0.3 is 0 Å². The molecule has 2 rings (SSSR count). The van der Waals surface area contributed by atoms with Crippen molar-refractivity contribution in [1.82, 2.24) is 0 Å². The molecule has 0 aliphatic carbocycles. The monoisotopic (exact) mass is 348 g/mol. The lowest BCUT2D eigenvalue weighted by atomic mass is 10.1. The summed E-state index contributed by atoms with van der Waals surface area (Å²) in [4.78, 5) is 0. The summed E-state index contributed by atoms with van der Waals surface area (Å²) in [7, 11) is 4.95. The van der Waals surface area contributed by atoms with Crippen LogP contribution in [0.1, 0.15) is 11.1 Å². The van der Waals surface area contributed by atoms with E-state index < -0.39 is 0 Å². The van der Waals surface area contributed by atoms with Gasteiger partial charge in [-0.15, -0.1) is 0 Å². The molecule has 0 saturated heterocycles. The van der Waals surface area contributed by atoms with E-state index in [1.165, 1.54) is 0 Å². The number of rotatable bonds is 5. The topological polar surface area (TPSA) is 27.7 Å². The van der Waals surface area contributed by atoms with Gasteiger partial charge in [-0.25, -0.2) is 0 Å². The minimum absolute atomic E-state index is 0.798. The van der Waals surface area contributed by atoms with Crippen molar-refractivity contribution in [1.29, 1.82) is 0 Å². The highest BCUT2D eigenvalue weighted by atomic mass is 79.9. The van der Waals surface area contributed by atoms with E-state index in [0.29, 0.717) is 0 Å². The fourth-order valence-corrected chi connectivity index (χ4v) is 2.50. The minimum atomic E-state index is 0.798. The van der Waals surface area contributed by atoms with Gasteiger partial charge in [0.05, 0.1) is 25.8 Å². The number of benzene rings is 2. The van der Waals surface area contributed by atoms with Crippen molar-refractivity contribution in [3.8, 4) is 17.2 Å². The molecular formula is C17H17BrO3. The maximum atomic E-state index is 5.36. The van der Waals surface area contributed by atoms with Crippen molar-refractivity contribution in [2.24, 2.45) is 0 Å². The number of hydrogen-bond donors (Lipinski definition) is 0. The van der Waals surface area contributed by atoms with Crippen molar-refractivity contribution in [3.05, 3.63) is 52.0 Å². The van der Waals surface area contributed by atoms with Gasteiger partial charge in [-0.05, 0) is 51.8 Å². The SMILES string of the molecule is COc1ccc(OC)c(/C=C/c2ccc(OC)c(Br)c2)c1. The van der Waals surface area contributed by atoms with Gasteiger partial charge in [0.15, 0.2) is 0 Å². The molecule has 0 aliphatic heterocycles. The zero-order valence-corrected chi connectivity index (χ0v) is 13.8. The summed E-state index contributed by atoms with van der Waals surface area (Å²) < 4.78 is 16.7. The Kier molecular flexibility index (Phi) is 5.28. The molecule has 0 spiro atoms. The van der Waals surface area contributed by atoms with Crippen LogP contribution in [0.15, 0.2) is 40.9 Å². The Morgan fingerprint density at radius 3 is 2.14 bits per heavy atom. The molecule has 0 aromatic heterocycles. The molecule has 0 saturated carbocycles. The van der Waals surface area contributed by atoms with Crippen LogP contribution in [0.25, 0.3) is 12.2 Å². The smallest absolute Gasteiger partial charge is 0.133 e. The highest BCUT2D eigenvalue weighted by Gasteiger charge is 2.03. The number of methoxy groups -OCH3 is 3. The molecule has 0 aliphatic rings. The van der Waals surface area contributed by atoms with Crippen LogP contribution in [0.2, 0.25) is 0 Å². The molecule has 0 bridgehead atoms. The highest BCUT2D eigenvalue weighted by Crippen LogP contribution is 2.28. The number of hydrogen-bond acceptors (Lipinski definition) is 3. The summed E-state index contributed by atoms with van der Waals surface area (Å²) in [6.07, 6.45) is 4.01. The van der Waals surface area contributed by atoms with E-state index in [9.17, 15) is 0 Å². The lowest BCUT2D eigenvalue weighted by Crippen LogP contribution is -1.89. The van der Waals surface area contributed by atoms with E-state index in [-0.39, 0.29) is 0 Å². The van der Waals surface area contributed by atoms with E-state index in [2.05, 4.69) is 15.9 Å². The van der Waals surface area contributed by atoms with Crippen molar-refractivity contribution < 1.29 is 14.2 Å². The Bertz CT molecular complexity index is 650. The van der Waals surface area contributed by atoms with Gasteiger partial charge in [-0.2, -0.15) is 0 Å². The molecule has 0 N–H and O–H groups in total. The fourth-order valence-electron chi connectivity index (χ4n) is 1.94. The lowest BCUT2D eigenvalue weighted by Gasteiger charge is -2.07. The van der Waals surface area contributed by atoms with E-state index >= 15 is 0 Å². The maximum absolute atomic E-state index is 5.36. The molecule has 2 aromatic rings. The summed E-state index contributed by atoms with van der Waals surface area (Å²) in [5, 5.41) is 0. The quantitative estimate of drug-likeness (QED) is 0.736. The lowest BCUT2D eigenvalue weighted by molar-refractivity contribution is 0.402. The van der Waals surface area contributed by atoms with Crippen molar-refractivity contribution in [2.75, 3.05) is 21.3 Å². The van der Waals surface area contributed by atoms with Crippen LogP contribution in [0.4, 0.5) is 0 Å². The molecule has 0 atom stereocenters. The van der Waals surface area contributed by atoms with E-state index in [1.54, 1.807) is 21.3 Å². The summed E-state index contributed by atoms with van der Waals surface area (Å²) in [6, 6.07) is 11.6. The van der Waals surface area contributed by atoms with Gasteiger partial charge in [-0.3, -0.25) is 0 Å². The van der Waals surface area contributed by atoms with Crippen LogP contribution in [0, 0.1) is 0 Å². The molecular weight excluding hydrogens is 332 g/mol. The molecule has 4 heteroatoms. The molecule has 0 amide bonds. The van der Waals surface area contributed by atoms with E-state index in [0.717, 1.165) is 32.8 Å². The van der Waals surface area contributed by atoms with Gasteiger partial charge in [0.1, 0.15) is 17.2 Å². The second-order valence-corrected chi connectivity index (χ2v) is 5.19. The van der Waals surface area contributed by atoms with Crippen LogP contribution < -0.4 is 14.2 Å². The highest BCUT2D eigenvalue weighted by molar-refractivity contribution is 9.10. The first-order valence-electron chi connectivity index (χ1n) is 6.41. The van der Waals surface area contributed by atoms with Gasteiger partial charge in [-0.1, -0.05) is 18.2 Å². The first-order valence-corrected chi connectivity index (χ1v) is 7.21. The Morgan fingerprint density at radius 1 is 0.810 bits per heavy atom. The van der Waals surface area contributed by atoms with Crippen LogP contribution in [-0.4, -0.2) is 21.3 Å². The summed E-state index contributed by atoms with van der Waals surface area (Å²) >= 11 is 3.48. The number of ether oxygens (including phenoxy) is 3. The first kappa shape index (κ1) is 15.4. The number of halogens is 1. The first-order chi connectivity index (χ1) is 10.2. The average Bonchev–Trinajstić information content (AvgIpc) is 2.52. The Balaban J connectivity index is 2.30. The third-order valence-corrected chi connectivity index (χ3v) is 3.69. The average molecular weight is 349 g/mol. The van der Waals surface area contributed by atoms with E-state index in [4.69, 9.17) is 14.2 Å². The predicted molar refractivity (Wildman–Crippen MR) is 89.2 cm³/mol. The molecule has 0 heterocycles. The van der Waals surface area contributed by atoms with Crippen molar-refractivity contribution >= 4 is 28.1 Å². The van der Waals surface area contributed by atoms with Crippen molar-refractivity contribution in [3.63, 3.8) is 0 Å². The summed E-state index contributed by atoms with van der Waals surface area (Å²) in [5.41, 5.74) is 2.02. The van der Waals surface area contributed by atoms with Gasteiger partial charge in [0.2, 0.25) is 0 Å². The Hall–Kier alpha value is -1.94. The molecule has 0 radical (unpaired) electrons. The third-order valence-electron chi connectivity index (χ3n) is 3.07. The normalized spacial score (nSPS) is 10.7. The van der Waals surface area contributed by atoms with E-state index in [1.807, 2.05) is 48.6 Å². The van der Waals surface area contributed by atoms with Crippen LogP contribution >= 0.6 is 15.9 Å². The second kappa shape index (κ2) is 7.18. The Morgan fingerprint density at radius 2 is 1.52 bits per heavy atom. The molecule has 3 nitrogen and oxygen atoms in total. The summed E-state index contributed by atoms with van der Waals surface area (Å²) in [6.45, 7) is 0. The van der Waals surface area contributed by atoms with Gasteiger partial charge < -0.3 is 14.2 Å². The van der Waals surface area contributed by atoms with Crippen molar-refractivity contribution in [2.45, 2.75) is 0 Å². The maximum Gasteiger partial charge on any atom is 0.133 e. The Labute approximate surface area is 133 Å². The van der Waals surface area contributed by atoms with Crippen LogP contribution in [0.5, 0.6) is 17.2 Å². The zero-order chi connectivity index (χ0) is 15.2. The van der Waals surface area contributed by atoms with Crippen LogP contribution in [0.3, 0.4) is 0 Å². The largest absolute Gasteiger partial charge is 0.497 e. The van der Waals surface area contributed by atoms with Gasteiger partial charge in [0, 0.05) is 5.56 Å². The van der Waals surface area contributed by atoms with Crippen LogP contribution in [-0.2, 0) is 0 Å². The third kappa shape index (κ3) is 3.79. The molecule has 21 heavy (non-hydrogen) atoms. The minimum Gasteiger partial charge on any atom is -0.497 e. The predicted octanol–water partition coefficient (Wildman–Crippen LogP) is 4.65. The molecule has 0 fully saturated rings. The molecule has 110 valence electrons. The molecule has 0 unspecified atom stereocenters.